The molecule has 4 nitrogen and oxygen atoms in total. The summed E-state index contributed by atoms with van der Waals surface area (Å²) in [6.07, 6.45) is 1.85. The molecule has 0 saturated heterocycles. The molecule has 1 aromatic heterocycles. The van der Waals surface area contributed by atoms with Crippen molar-refractivity contribution >= 4 is 16.9 Å². The van der Waals surface area contributed by atoms with Crippen molar-refractivity contribution in [3.05, 3.63) is 59.9 Å². The molecule has 0 atom stereocenters. The maximum atomic E-state index is 11.8. The molecule has 4 heteroatoms. The van der Waals surface area contributed by atoms with Crippen LogP contribution < -0.4 is 0 Å². The number of ether oxygens (including phenoxy) is 1. The van der Waals surface area contributed by atoms with E-state index in [1.165, 1.54) is 0 Å². The maximum absolute atomic E-state index is 11.8. The van der Waals surface area contributed by atoms with E-state index in [0.717, 1.165) is 40.8 Å². The summed E-state index contributed by atoms with van der Waals surface area (Å²) in [5.41, 5.74) is 3.37. The summed E-state index contributed by atoms with van der Waals surface area (Å²) in [7, 11) is 0. The van der Waals surface area contributed by atoms with Crippen molar-refractivity contribution in [1.82, 2.24) is 9.97 Å². The largest absolute Gasteiger partial charge is 0.462 e. The van der Waals surface area contributed by atoms with Gasteiger partial charge in [0.1, 0.15) is 5.82 Å². The number of carbonyl (C=O) groups excluding carboxylic acids is 1. The molecule has 0 fully saturated rings. The molecule has 0 amide bonds. The van der Waals surface area contributed by atoms with Crippen molar-refractivity contribution in [3.8, 4) is 11.3 Å². The quantitative estimate of drug-likeness (QED) is 0.653. The Balaban J connectivity index is 2.06. The van der Waals surface area contributed by atoms with Crippen LogP contribution in [0.15, 0.2) is 48.5 Å². The minimum atomic E-state index is -0.303. The monoisotopic (exact) mass is 320 g/mol. The fraction of sp³-hybridized carbons (Fsp3) is 0.250. The van der Waals surface area contributed by atoms with Crippen LogP contribution in [-0.4, -0.2) is 22.5 Å². The second-order valence-electron chi connectivity index (χ2n) is 5.55. The Morgan fingerprint density at radius 2 is 1.75 bits per heavy atom. The van der Waals surface area contributed by atoms with Crippen LogP contribution in [0.25, 0.3) is 22.2 Å². The molecule has 0 N–H and O–H groups in total. The highest BCUT2D eigenvalue weighted by Gasteiger charge is 2.11. The van der Waals surface area contributed by atoms with Gasteiger partial charge in [0, 0.05) is 17.4 Å². The molecule has 24 heavy (non-hydrogen) atoms. The SMILES string of the molecule is CCCc1nc(-c2ccc(C(=O)OCC)cc2)c2ccccc2n1. The second-order valence-corrected chi connectivity index (χ2v) is 5.55. The molecule has 1 heterocycles. The maximum Gasteiger partial charge on any atom is 0.338 e. The number of carbonyl (C=O) groups is 1. The van der Waals surface area contributed by atoms with Crippen molar-refractivity contribution in [1.29, 1.82) is 0 Å². The van der Waals surface area contributed by atoms with Gasteiger partial charge in [-0.2, -0.15) is 0 Å². The number of benzene rings is 2. The summed E-state index contributed by atoms with van der Waals surface area (Å²) in [6.45, 7) is 4.29. The summed E-state index contributed by atoms with van der Waals surface area (Å²) in [5.74, 6) is 0.545. The topological polar surface area (TPSA) is 52.1 Å². The molecule has 0 aliphatic rings. The third-order valence-corrected chi connectivity index (χ3v) is 3.79. The fourth-order valence-corrected chi connectivity index (χ4v) is 2.66. The van der Waals surface area contributed by atoms with Crippen LogP contribution in [0.4, 0.5) is 0 Å². The Labute approximate surface area is 141 Å². The van der Waals surface area contributed by atoms with Gasteiger partial charge in [-0.15, -0.1) is 0 Å². The van der Waals surface area contributed by atoms with Gasteiger partial charge in [-0.3, -0.25) is 0 Å². The highest BCUT2D eigenvalue weighted by molar-refractivity contribution is 5.94. The summed E-state index contributed by atoms with van der Waals surface area (Å²) in [5, 5.41) is 1.02. The first-order valence-corrected chi connectivity index (χ1v) is 8.26. The third-order valence-electron chi connectivity index (χ3n) is 3.79. The highest BCUT2D eigenvalue weighted by Crippen LogP contribution is 2.26. The third kappa shape index (κ3) is 3.27. The zero-order valence-corrected chi connectivity index (χ0v) is 14.0. The molecular weight excluding hydrogens is 300 g/mol. The zero-order valence-electron chi connectivity index (χ0n) is 14.0. The summed E-state index contributed by atoms with van der Waals surface area (Å²) >= 11 is 0. The van der Waals surface area contributed by atoms with Crippen molar-refractivity contribution in [3.63, 3.8) is 0 Å². The standard InChI is InChI=1S/C20H20N2O2/c1-3-7-18-21-17-9-6-5-8-16(17)19(22-18)14-10-12-15(13-11-14)20(23)24-4-2/h5-6,8-13H,3-4,7H2,1-2H3. The van der Waals surface area contributed by atoms with Crippen molar-refractivity contribution in [2.24, 2.45) is 0 Å². The lowest BCUT2D eigenvalue weighted by Crippen LogP contribution is -2.04. The molecule has 0 saturated carbocycles. The van der Waals surface area contributed by atoms with Gasteiger partial charge in [-0.25, -0.2) is 14.8 Å². The van der Waals surface area contributed by atoms with Gasteiger partial charge < -0.3 is 4.74 Å². The highest BCUT2D eigenvalue weighted by atomic mass is 16.5. The van der Waals surface area contributed by atoms with E-state index in [0.29, 0.717) is 12.2 Å². The van der Waals surface area contributed by atoms with Crippen LogP contribution in [0, 0.1) is 0 Å². The smallest absolute Gasteiger partial charge is 0.338 e. The van der Waals surface area contributed by atoms with Gasteiger partial charge in [-0.05, 0) is 31.5 Å². The first kappa shape index (κ1) is 16.1. The van der Waals surface area contributed by atoms with Gasteiger partial charge in [0.2, 0.25) is 0 Å². The van der Waals surface area contributed by atoms with Gasteiger partial charge in [-0.1, -0.05) is 37.3 Å². The normalized spacial score (nSPS) is 10.8. The van der Waals surface area contributed by atoms with Crippen molar-refractivity contribution in [2.75, 3.05) is 6.61 Å². The van der Waals surface area contributed by atoms with Gasteiger partial charge in [0.15, 0.2) is 0 Å². The average molecular weight is 320 g/mol. The molecule has 0 unspecified atom stereocenters. The van der Waals surface area contributed by atoms with E-state index >= 15 is 0 Å². The molecule has 2 aromatic carbocycles. The van der Waals surface area contributed by atoms with Crippen LogP contribution >= 0.6 is 0 Å². The van der Waals surface area contributed by atoms with Crippen molar-refractivity contribution in [2.45, 2.75) is 26.7 Å². The minimum absolute atomic E-state index is 0.303. The number of aryl methyl sites for hydroxylation is 1. The first-order valence-electron chi connectivity index (χ1n) is 8.26. The number of hydrogen-bond donors (Lipinski definition) is 0. The number of esters is 1. The van der Waals surface area contributed by atoms with E-state index < -0.39 is 0 Å². The number of para-hydroxylation sites is 1. The Morgan fingerprint density at radius 3 is 2.46 bits per heavy atom. The fourth-order valence-electron chi connectivity index (χ4n) is 2.66. The molecule has 0 aliphatic heterocycles. The van der Waals surface area contributed by atoms with E-state index in [1.807, 2.05) is 36.4 Å². The number of rotatable bonds is 5. The lowest BCUT2D eigenvalue weighted by atomic mass is 10.0. The lowest BCUT2D eigenvalue weighted by molar-refractivity contribution is 0.0526. The number of fused-ring (bicyclic) bond motifs is 1. The molecule has 0 spiro atoms. The molecule has 0 bridgehead atoms. The minimum Gasteiger partial charge on any atom is -0.462 e. The van der Waals surface area contributed by atoms with Gasteiger partial charge in [0.05, 0.1) is 23.4 Å². The lowest BCUT2D eigenvalue weighted by Gasteiger charge is -2.09. The van der Waals surface area contributed by atoms with E-state index in [2.05, 4.69) is 11.9 Å². The van der Waals surface area contributed by atoms with E-state index in [1.54, 1.807) is 19.1 Å². The molecule has 122 valence electrons. The summed E-state index contributed by atoms with van der Waals surface area (Å²) in [4.78, 5) is 21.2. The average Bonchev–Trinajstić information content (AvgIpc) is 2.62. The van der Waals surface area contributed by atoms with E-state index in [-0.39, 0.29) is 5.97 Å². The van der Waals surface area contributed by atoms with Crippen molar-refractivity contribution < 1.29 is 9.53 Å². The first-order chi connectivity index (χ1) is 11.7. The Kier molecular flexibility index (Phi) is 4.85. The number of aromatic nitrogens is 2. The predicted octanol–water partition coefficient (Wildman–Crippen LogP) is 4.43. The second kappa shape index (κ2) is 7.21. The predicted molar refractivity (Wildman–Crippen MR) is 94.9 cm³/mol. The molecule has 3 aromatic rings. The number of nitrogens with zero attached hydrogens (tertiary/aromatic N) is 2. The Hall–Kier alpha value is -2.75. The molecular formula is C20H20N2O2. The van der Waals surface area contributed by atoms with E-state index in [9.17, 15) is 4.79 Å². The molecule has 0 aliphatic carbocycles. The molecule has 0 radical (unpaired) electrons. The van der Waals surface area contributed by atoms with Crippen LogP contribution in [0.5, 0.6) is 0 Å². The summed E-state index contributed by atoms with van der Waals surface area (Å²) < 4.78 is 5.03. The van der Waals surface area contributed by atoms with Crippen LogP contribution in [0.2, 0.25) is 0 Å². The van der Waals surface area contributed by atoms with E-state index in [4.69, 9.17) is 9.72 Å². The van der Waals surface area contributed by atoms with Gasteiger partial charge >= 0.3 is 5.97 Å². The number of hydrogen-bond acceptors (Lipinski definition) is 4. The van der Waals surface area contributed by atoms with Crippen LogP contribution in [0.1, 0.15) is 36.5 Å². The Bertz CT molecular complexity index is 857. The van der Waals surface area contributed by atoms with Gasteiger partial charge in [0.25, 0.3) is 0 Å². The Morgan fingerprint density at radius 1 is 1.00 bits per heavy atom. The summed E-state index contributed by atoms with van der Waals surface area (Å²) in [6, 6.07) is 15.4. The van der Waals surface area contributed by atoms with Crippen LogP contribution in [-0.2, 0) is 11.2 Å². The zero-order chi connectivity index (χ0) is 16.9. The molecule has 3 rings (SSSR count). The van der Waals surface area contributed by atoms with Crippen LogP contribution in [0.3, 0.4) is 0 Å².